The number of anilines is 1. The van der Waals surface area contributed by atoms with E-state index in [2.05, 4.69) is 5.32 Å². The monoisotopic (exact) mass is 430 g/mol. The minimum absolute atomic E-state index is 0.0473. The van der Waals surface area contributed by atoms with Crippen molar-refractivity contribution in [3.05, 3.63) is 90.0 Å². The Kier molecular flexibility index (Phi) is 7.02. The third-order valence-corrected chi connectivity index (χ3v) is 5.26. The largest absolute Gasteiger partial charge is 0.490 e. The Morgan fingerprint density at radius 1 is 0.781 bits per heavy atom. The molecule has 0 atom stereocenters. The quantitative estimate of drug-likeness (QED) is 0.529. The number of para-hydroxylation sites is 2. The van der Waals surface area contributed by atoms with Crippen molar-refractivity contribution in [1.82, 2.24) is 4.90 Å². The molecule has 0 spiro atoms. The van der Waals surface area contributed by atoms with Gasteiger partial charge in [-0.1, -0.05) is 36.4 Å². The molecule has 0 unspecified atom stereocenters. The lowest BCUT2D eigenvalue weighted by Crippen LogP contribution is -2.28. The number of carbonyl (C=O) groups is 2. The molecule has 3 aromatic carbocycles. The van der Waals surface area contributed by atoms with Crippen LogP contribution < -0.4 is 14.8 Å². The molecule has 1 saturated heterocycles. The van der Waals surface area contributed by atoms with Gasteiger partial charge >= 0.3 is 0 Å². The van der Waals surface area contributed by atoms with E-state index in [0.29, 0.717) is 35.8 Å². The van der Waals surface area contributed by atoms with Crippen LogP contribution in [0.15, 0.2) is 78.9 Å². The van der Waals surface area contributed by atoms with E-state index in [9.17, 15) is 9.59 Å². The minimum atomic E-state index is -0.294. The van der Waals surface area contributed by atoms with Gasteiger partial charge in [-0.2, -0.15) is 0 Å². The van der Waals surface area contributed by atoms with E-state index in [0.717, 1.165) is 31.7 Å². The van der Waals surface area contributed by atoms with E-state index in [1.54, 1.807) is 36.4 Å². The van der Waals surface area contributed by atoms with Gasteiger partial charge in [0, 0.05) is 18.7 Å². The third-order valence-electron chi connectivity index (χ3n) is 5.26. The van der Waals surface area contributed by atoms with Crippen LogP contribution in [0.3, 0.4) is 0 Å². The summed E-state index contributed by atoms with van der Waals surface area (Å²) in [6.07, 6.45) is 2.03. The van der Waals surface area contributed by atoms with Crippen molar-refractivity contribution in [3.63, 3.8) is 0 Å². The van der Waals surface area contributed by atoms with E-state index >= 15 is 0 Å². The summed E-state index contributed by atoms with van der Waals surface area (Å²) >= 11 is 0. The van der Waals surface area contributed by atoms with Crippen molar-refractivity contribution in [2.75, 3.05) is 31.6 Å². The summed E-state index contributed by atoms with van der Waals surface area (Å²) in [6.45, 7) is 2.27. The van der Waals surface area contributed by atoms with Crippen molar-refractivity contribution >= 4 is 17.5 Å². The topological polar surface area (TPSA) is 67.9 Å². The Hall–Kier alpha value is -3.80. The van der Waals surface area contributed by atoms with Crippen molar-refractivity contribution in [3.8, 4) is 11.5 Å². The number of hydrogen-bond acceptors (Lipinski definition) is 4. The lowest BCUT2D eigenvalue weighted by Gasteiger charge is -2.18. The van der Waals surface area contributed by atoms with Gasteiger partial charge in [0.2, 0.25) is 0 Å². The standard InChI is InChI=1S/C26H26N2O4/c29-25(27-24-14-5-4-13-23(24)26(30)28-15-6-7-16-28)20-9-8-12-22(19-20)32-18-17-31-21-10-2-1-3-11-21/h1-5,8-14,19H,6-7,15-18H2,(H,27,29). The van der Waals surface area contributed by atoms with Gasteiger partial charge in [0.15, 0.2) is 0 Å². The SMILES string of the molecule is O=C(Nc1ccccc1C(=O)N1CCCC1)c1cccc(OCCOc2ccccc2)c1. The number of nitrogens with one attached hydrogen (secondary N) is 1. The van der Waals surface area contributed by atoms with Crippen molar-refractivity contribution in [2.45, 2.75) is 12.8 Å². The first-order valence-corrected chi connectivity index (χ1v) is 10.8. The second kappa shape index (κ2) is 10.5. The highest BCUT2D eigenvalue weighted by molar-refractivity contribution is 6.09. The molecule has 1 fully saturated rings. The van der Waals surface area contributed by atoms with Gasteiger partial charge in [-0.15, -0.1) is 0 Å². The summed E-state index contributed by atoms with van der Waals surface area (Å²) in [6, 6.07) is 23.6. The maximum atomic E-state index is 12.9. The molecule has 4 rings (SSSR count). The molecule has 0 bridgehead atoms. The second-order valence-electron chi connectivity index (χ2n) is 7.54. The van der Waals surface area contributed by atoms with Gasteiger partial charge in [0.1, 0.15) is 24.7 Å². The van der Waals surface area contributed by atoms with Gasteiger partial charge in [0.05, 0.1) is 11.3 Å². The third kappa shape index (κ3) is 5.46. The van der Waals surface area contributed by atoms with Crippen LogP contribution in [0, 0.1) is 0 Å². The predicted molar refractivity (Wildman–Crippen MR) is 123 cm³/mol. The molecule has 0 aliphatic carbocycles. The van der Waals surface area contributed by atoms with Crippen molar-refractivity contribution in [1.29, 1.82) is 0 Å². The molecular formula is C26H26N2O4. The molecule has 32 heavy (non-hydrogen) atoms. The molecule has 6 nitrogen and oxygen atoms in total. The Morgan fingerprint density at radius 3 is 2.22 bits per heavy atom. The maximum absolute atomic E-state index is 12.9. The van der Waals surface area contributed by atoms with Crippen LogP contribution in [0.5, 0.6) is 11.5 Å². The normalized spacial score (nSPS) is 12.9. The molecule has 1 aliphatic heterocycles. The minimum Gasteiger partial charge on any atom is -0.490 e. The number of likely N-dealkylation sites (tertiary alicyclic amines) is 1. The second-order valence-corrected chi connectivity index (χ2v) is 7.54. The van der Waals surface area contributed by atoms with Crippen LogP contribution in [-0.2, 0) is 0 Å². The summed E-state index contributed by atoms with van der Waals surface area (Å²) < 4.78 is 11.4. The molecule has 1 aliphatic rings. The Morgan fingerprint density at radius 2 is 1.44 bits per heavy atom. The molecule has 0 saturated carbocycles. The van der Waals surface area contributed by atoms with Gasteiger partial charge in [-0.3, -0.25) is 9.59 Å². The van der Waals surface area contributed by atoms with Crippen LogP contribution in [0.1, 0.15) is 33.6 Å². The number of ether oxygens (including phenoxy) is 2. The van der Waals surface area contributed by atoms with Crippen LogP contribution in [0.4, 0.5) is 5.69 Å². The summed E-state index contributed by atoms with van der Waals surface area (Å²) in [4.78, 5) is 27.5. The first-order valence-electron chi connectivity index (χ1n) is 10.8. The number of carbonyl (C=O) groups excluding carboxylic acids is 2. The Balaban J connectivity index is 1.36. The van der Waals surface area contributed by atoms with Crippen LogP contribution in [0.25, 0.3) is 0 Å². The van der Waals surface area contributed by atoms with Gasteiger partial charge in [0.25, 0.3) is 11.8 Å². The average Bonchev–Trinajstić information content (AvgIpc) is 3.38. The smallest absolute Gasteiger partial charge is 0.255 e. The van der Waals surface area contributed by atoms with E-state index in [-0.39, 0.29) is 11.8 Å². The zero-order valence-electron chi connectivity index (χ0n) is 17.8. The molecular weight excluding hydrogens is 404 g/mol. The fourth-order valence-electron chi connectivity index (χ4n) is 3.63. The summed E-state index contributed by atoms with van der Waals surface area (Å²) in [7, 11) is 0. The van der Waals surface area contributed by atoms with E-state index in [4.69, 9.17) is 9.47 Å². The lowest BCUT2D eigenvalue weighted by molar-refractivity contribution is 0.0794. The molecule has 2 amide bonds. The Bertz CT molecular complexity index is 1060. The molecule has 6 heteroatoms. The van der Waals surface area contributed by atoms with Gasteiger partial charge < -0.3 is 19.7 Å². The van der Waals surface area contributed by atoms with Crippen LogP contribution in [-0.4, -0.2) is 43.0 Å². The molecule has 1 heterocycles. The fourth-order valence-corrected chi connectivity index (χ4v) is 3.63. The molecule has 1 N–H and O–H groups in total. The summed E-state index contributed by atoms with van der Waals surface area (Å²) in [5.41, 5.74) is 1.47. The zero-order valence-corrected chi connectivity index (χ0v) is 17.8. The number of benzene rings is 3. The van der Waals surface area contributed by atoms with E-state index in [1.165, 1.54) is 0 Å². The number of amides is 2. The zero-order chi connectivity index (χ0) is 22.2. The Labute approximate surface area is 187 Å². The number of hydrogen-bond donors (Lipinski definition) is 1. The predicted octanol–water partition coefficient (Wildman–Crippen LogP) is 4.63. The first-order chi connectivity index (χ1) is 15.7. The first kappa shape index (κ1) is 21.4. The number of nitrogens with zero attached hydrogens (tertiary/aromatic N) is 1. The van der Waals surface area contributed by atoms with Gasteiger partial charge in [-0.05, 0) is 55.3 Å². The summed E-state index contributed by atoms with van der Waals surface area (Å²) in [5, 5.41) is 2.88. The lowest BCUT2D eigenvalue weighted by atomic mass is 10.1. The number of rotatable bonds is 8. The molecule has 164 valence electrons. The highest BCUT2D eigenvalue weighted by Crippen LogP contribution is 2.22. The average molecular weight is 431 g/mol. The van der Waals surface area contributed by atoms with E-state index in [1.807, 2.05) is 47.4 Å². The highest BCUT2D eigenvalue weighted by atomic mass is 16.5. The molecule has 0 radical (unpaired) electrons. The van der Waals surface area contributed by atoms with Crippen molar-refractivity contribution < 1.29 is 19.1 Å². The van der Waals surface area contributed by atoms with Crippen LogP contribution >= 0.6 is 0 Å². The highest BCUT2D eigenvalue weighted by Gasteiger charge is 2.22. The maximum Gasteiger partial charge on any atom is 0.255 e. The molecule has 0 aromatic heterocycles. The van der Waals surface area contributed by atoms with Crippen LogP contribution in [0.2, 0.25) is 0 Å². The molecule has 3 aromatic rings. The fraction of sp³-hybridized carbons (Fsp3) is 0.231. The van der Waals surface area contributed by atoms with Crippen molar-refractivity contribution in [2.24, 2.45) is 0 Å². The van der Waals surface area contributed by atoms with E-state index < -0.39 is 0 Å². The van der Waals surface area contributed by atoms with Gasteiger partial charge in [-0.25, -0.2) is 0 Å². The summed E-state index contributed by atoms with van der Waals surface area (Å²) in [5.74, 6) is 1.02.